The van der Waals surface area contributed by atoms with E-state index in [1.54, 1.807) is 0 Å². The fourth-order valence-electron chi connectivity index (χ4n) is 3.26. The Bertz CT molecular complexity index is 220. The molecule has 2 nitrogen and oxygen atoms in total. The van der Waals surface area contributed by atoms with Crippen molar-refractivity contribution in [2.24, 2.45) is 0 Å². The van der Waals surface area contributed by atoms with E-state index in [9.17, 15) is 4.79 Å². The van der Waals surface area contributed by atoms with Crippen molar-refractivity contribution in [3.8, 4) is 0 Å². The van der Waals surface area contributed by atoms with Gasteiger partial charge in [-0.3, -0.25) is 0 Å². The van der Waals surface area contributed by atoms with Crippen molar-refractivity contribution in [1.29, 1.82) is 0 Å². The van der Waals surface area contributed by atoms with Crippen LogP contribution in [-0.2, 0) is 7.87 Å². The van der Waals surface area contributed by atoms with Crippen LogP contribution >= 0.6 is 0 Å². The predicted molar refractivity (Wildman–Crippen MR) is 74.6 cm³/mol. The average molecular weight is 347 g/mol. The molecule has 0 aliphatic carbocycles. The first kappa shape index (κ1) is 15.3. The molecule has 17 heavy (non-hydrogen) atoms. The molecule has 0 bridgehead atoms. The molecule has 2 unspecified atom stereocenters. The molecule has 1 rings (SSSR count). The third-order valence-corrected chi connectivity index (χ3v) is 18.6. The Kier molecular flexibility index (Phi) is 7.56. The van der Waals surface area contributed by atoms with Gasteiger partial charge in [-0.2, -0.15) is 0 Å². The van der Waals surface area contributed by atoms with Crippen LogP contribution in [0.3, 0.4) is 0 Å². The fraction of sp³-hybridized carbons (Fsp3) is 0.929. The molecule has 0 radical (unpaired) electrons. The van der Waals surface area contributed by atoms with Gasteiger partial charge in [0.25, 0.3) is 0 Å². The van der Waals surface area contributed by atoms with Crippen LogP contribution < -0.4 is 0 Å². The zero-order valence-corrected chi connectivity index (χ0v) is 14.4. The summed E-state index contributed by atoms with van der Waals surface area (Å²) in [5.41, 5.74) is 0. The monoisotopic (exact) mass is 348 g/mol. The summed E-state index contributed by atoms with van der Waals surface area (Å²) in [7, 11) is 0. The molecule has 1 aliphatic heterocycles. The minimum atomic E-state index is -2.57. The molecule has 0 aromatic carbocycles. The molecule has 3 heteroatoms. The van der Waals surface area contributed by atoms with Crippen LogP contribution in [0.2, 0.25) is 12.8 Å². The second-order valence-electron chi connectivity index (χ2n) is 5.47. The summed E-state index contributed by atoms with van der Waals surface area (Å²) in [5, 5.41) is 0. The molecule has 1 heterocycles. The van der Waals surface area contributed by atoms with E-state index in [2.05, 4.69) is 13.8 Å². The minimum absolute atomic E-state index is 0.788. The molecule has 2 atom stereocenters. The van der Waals surface area contributed by atoms with Crippen LogP contribution in [0, 0.1) is 0 Å². The van der Waals surface area contributed by atoms with Crippen LogP contribution in [0.15, 0.2) is 0 Å². The zero-order chi connectivity index (χ0) is 12.6. The number of unbranched alkanes of at least 4 members (excludes halogenated alkanes) is 2. The standard InChI is InChI=1S/C9H18.C4H9.CH2O2.Sn/c1-3-5-7-9-8-6-4-2;1-3-4-2;2-1-3;/h9H,1,3-8H2,2H3;1,3-4H2,2H3;1H,(H,2,3);/q;;;+1/p-1. The quantitative estimate of drug-likeness (QED) is 0.472. The molecule has 0 spiro atoms. The summed E-state index contributed by atoms with van der Waals surface area (Å²) in [6.45, 7) is 5.28. The van der Waals surface area contributed by atoms with Crippen LogP contribution in [-0.4, -0.2) is 25.3 Å². The van der Waals surface area contributed by atoms with Crippen molar-refractivity contribution in [3.05, 3.63) is 0 Å². The Labute approximate surface area is 111 Å². The van der Waals surface area contributed by atoms with E-state index in [1.807, 2.05) is 0 Å². The summed E-state index contributed by atoms with van der Waals surface area (Å²) in [4.78, 5) is 10.9. The van der Waals surface area contributed by atoms with Crippen molar-refractivity contribution in [2.45, 2.75) is 78.0 Å². The molecule has 0 aromatic heterocycles. The molecule has 100 valence electrons. The second kappa shape index (κ2) is 8.38. The number of carbonyl (C=O) groups is 1. The van der Waals surface area contributed by atoms with E-state index < -0.39 is 18.8 Å². The summed E-state index contributed by atoms with van der Waals surface area (Å²) in [6.07, 6.45) is 10.4. The third-order valence-electron chi connectivity index (χ3n) is 4.29. The molecule has 1 saturated heterocycles. The Balaban J connectivity index is 2.67. The van der Waals surface area contributed by atoms with Gasteiger partial charge in [0.1, 0.15) is 0 Å². The van der Waals surface area contributed by atoms with Crippen molar-refractivity contribution >= 4 is 25.3 Å². The maximum atomic E-state index is 10.9. The van der Waals surface area contributed by atoms with Crippen molar-refractivity contribution in [3.63, 3.8) is 0 Å². The number of rotatable bonds is 8. The van der Waals surface area contributed by atoms with Gasteiger partial charge in [-0.1, -0.05) is 0 Å². The average Bonchev–Trinajstić information content (AvgIpc) is 2.36. The van der Waals surface area contributed by atoms with Gasteiger partial charge in [-0.15, -0.1) is 0 Å². The van der Waals surface area contributed by atoms with Crippen LogP contribution in [0.4, 0.5) is 0 Å². The molecule has 0 N–H and O–H groups in total. The van der Waals surface area contributed by atoms with Gasteiger partial charge in [0.05, 0.1) is 0 Å². The first-order valence-corrected chi connectivity index (χ1v) is 14.3. The van der Waals surface area contributed by atoms with E-state index in [0.717, 1.165) is 10.4 Å². The van der Waals surface area contributed by atoms with Crippen LogP contribution in [0.1, 0.15) is 65.2 Å². The Morgan fingerprint density at radius 1 is 1.24 bits per heavy atom. The first-order chi connectivity index (χ1) is 8.29. The maximum absolute atomic E-state index is 10.9. The summed E-state index contributed by atoms with van der Waals surface area (Å²) < 4.78 is 9.20. The molecule has 0 saturated carbocycles. The molecule has 0 amide bonds. The van der Waals surface area contributed by atoms with Crippen molar-refractivity contribution in [2.75, 3.05) is 0 Å². The topological polar surface area (TPSA) is 26.3 Å². The van der Waals surface area contributed by atoms with E-state index in [1.165, 1.54) is 60.2 Å². The number of hydrogen-bond donors (Lipinski definition) is 0. The molecule has 0 aromatic rings. The number of hydrogen-bond acceptors (Lipinski definition) is 2. The summed E-state index contributed by atoms with van der Waals surface area (Å²) in [6, 6.07) is 0. The Hall–Kier alpha value is 0.269. The van der Waals surface area contributed by atoms with Crippen molar-refractivity contribution in [1.82, 2.24) is 0 Å². The SMILES string of the molecule is CCCC[CH]1CCC[CH2][Sn]1([CH2]CCC)[O]C=O. The van der Waals surface area contributed by atoms with Gasteiger partial charge in [-0.05, 0) is 0 Å². The Morgan fingerprint density at radius 3 is 2.65 bits per heavy atom. The normalized spacial score (nSPS) is 28.9. The fourth-order valence-corrected chi connectivity index (χ4v) is 17.4. The van der Waals surface area contributed by atoms with E-state index in [0.29, 0.717) is 0 Å². The Morgan fingerprint density at radius 2 is 2.00 bits per heavy atom. The van der Waals surface area contributed by atoms with Crippen LogP contribution in [0.5, 0.6) is 0 Å². The van der Waals surface area contributed by atoms with E-state index in [4.69, 9.17) is 3.07 Å². The van der Waals surface area contributed by atoms with Gasteiger partial charge < -0.3 is 0 Å². The van der Waals surface area contributed by atoms with Gasteiger partial charge in [0.15, 0.2) is 0 Å². The molecule has 1 aliphatic rings. The van der Waals surface area contributed by atoms with Gasteiger partial charge in [0.2, 0.25) is 0 Å². The molecule has 1 fully saturated rings. The summed E-state index contributed by atoms with van der Waals surface area (Å²) >= 11 is -2.57. The van der Waals surface area contributed by atoms with E-state index >= 15 is 0 Å². The predicted octanol–water partition coefficient (Wildman–Crippen LogP) is 4.65. The number of carbonyl (C=O) groups excluding carboxylic acids is 1. The van der Waals surface area contributed by atoms with Gasteiger partial charge in [0, 0.05) is 0 Å². The molecular formula is C14H28O2Sn. The summed E-state index contributed by atoms with van der Waals surface area (Å²) in [5.74, 6) is 0. The first-order valence-electron chi connectivity index (χ1n) is 7.40. The van der Waals surface area contributed by atoms with Gasteiger partial charge in [-0.25, -0.2) is 0 Å². The van der Waals surface area contributed by atoms with Crippen molar-refractivity contribution < 1.29 is 7.87 Å². The van der Waals surface area contributed by atoms with Crippen LogP contribution in [0.25, 0.3) is 0 Å². The van der Waals surface area contributed by atoms with Gasteiger partial charge >= 0.3 is 111 Å². The zero-order valence-electron chi connectivity index (χ0n) is 11.5. The second-order valence-corrected chi connectivity index (χ2v) is 17.4. The molecular weight excluding hydrogens is 319 g/mol. The third kappa shape index (κ3) is 4.45. The van der Waals surface area contributed by atoms with E-state index in [-0.39, 0.29) is 0 Å².